The SMILES string of the molecule is O=C(Nc1cccc(F)c1)N1CCN(c2cc(N3CCOCC3)cnn2)CC1. The minimum absolute atomic E-state index is 0.224. The first kappa shape index (κ1) is 18.4. The monoisotopic (exact) mass is 386 g/mol. The number of ether oxygens (including phenoxy) is 1. The third-order valence-electron chi connectivity index (χ3n) is 4.97. The molecule has 1 aromatic heterocycles. The highest BCUT2D eigenvalue weighted by atomic mass is 19.1. The van der Waals surface area contributed by atoms with Crippen LogP contribution in [0.25, 0.3) is 0 Å². The van der Waals surface area contributed by atoms with E-state index in [1.165, 1.54) is 12.1 Å². The fourth-order valence-corrected chi connectivity index (χ4v) is 3.40. The smallest absolute Gasteiger partial charge is 0.321 e. The van der Waals surface area contributed by atoms with Crippen molar-refractivity contribution >= 4 is 23.2 Å². The van der Waals surface area contributed by atoms with Crippen LogP contribution in [0.5, 0.6) is 0 Å². The number of nitrogens with zero attached hydrogens (tertiary/aromatic N) is 5. The molecule has 2 fully saturated rings. The molecule has 4 rings (SSSR count). The van der Waals surface area contributed by atoms with Crippen LogP contribution < -0.4 is 15.1 Å². The standard InChI is InChI=1S/C19H23FN6O2/c20-15-2-1-3-16(12-15)22-19(27)26-6-4-25(5-7-26)18-13-17(14-21-23-18)24-8-10-28-11-9-24/h1-3,12-14H,4-11H2,(H,22,27). The van der Waals surface area contributed by atoms with E-state index in [1.807, 2.05) is 6.07 Å². The first-order valence-corrected chi connectivity index (χ1v) is 9.41. The van der Waals surface area contributed by atoms with Gasteiger partial charge in [0.25, 0.3) is 0 Å². The average molecular weight is 386 g/mol. The minimum Gasteiger partial charge on any atom is -0.378 e. The summed E-state index contributed by atoms with van der Waals surface area (Å²) < 4.78 is 18.7. The van der Waals surface area contributed by atoms with Gasteiger partial charge in [-0.05, 0) is 18.2 Å². The maximum Gasteiger partial charge on any atom is 0.321 e. The maximum absolute atomic E-state index is 13.3. The van der Waals surface area contributed by atoms with Crippen molar-refractivity contribution in [2.75, 3.05) is 67.6 Å². The van der Waals surface area contributed by atoms with E-state index >= 15 is 0 Å². The molecule has 2 aliphatic heterocycles. The van der Waals surface area contributed by atoms with Gasteiger partial charge in [0.1, 0.15) is 5.82 Å². The molecule has 2 aromatic rings. The number of nitrogens with one attached hydrogen (secondary N) is 1. The Labute approximate surface area is 162 Å². The van der Waals surface area contributed by atoms with Crippen LogP contribution in [-0.2, 0) is 4.74 Å². The summed E-state index contributed by atoms with van der Waals surface area (Å²) in [4.78, 5) is 18.5. The zero-order chi connectivity index (χ0) is 19.3. The van der Waals surface area contributed by atoms with Gasteiger partial charge in [-0.15, -0.1) is 5.10 Å². The summed E-state index contributed by atoms with van der Waals surface area (Å²) in [6.45, 7) is 5.58. The van der Waals surface area contributed by atoms with Crippen LogP contribution in [-0.4, -0.2) is 73.6 Å². The molecule has 1 aromatic carbocycles. The molecular weight excluding hydrogens is 363 g/mol. The van der Waals surface area contributed by atoms with Crippen molar-refractivity contribution in [1.82, 2.24) is 15.1 Å². The lowest BCUT2D eigenvalue weighted by Gasteiger charge is -2.35. The van der Waals surface area contributed by atoms with Gasteiger partial charge in [0.15, 0.2) is 5.82 Å². The molecule has 8 nitrogen and oxygen atoms in total. The molecule has 0 saturated carbocycles. The van der Waals surface area contributed by atoms with Gasteiger partial charge in [-0.1, -0.05) is 6.07 Å². The number of hydrogen-bond donors (Lipinski definition) is 1. The molecular formula is C19H23FN6O2. The van der Waals surface area contributed by atoms with Crippen LogP contribution in [0.4, 0.5) is 26.4 Å². The number of morpholine rings is 1. The van der Waals surface area contributed by atoms with Crippen LogP contribution in [0.3, 0.4) is 0 Å². The zero-order valence-electron chi connectivity index (χ0n) is 15.6. The van der Waals surface area contributed by atoms with Gasteiger partial charge in [-0.3, -0.25) is 0 Å². The van der Waals surface area contributed by atoms with Gasteiger partial charge in [-0.2, -0.15) is 5.10 Å². The number of carbonyl (C=O) groups is 1. The Balaban J connectivity index is 1.34. The van der Waals surface area contributed by atoms with Crippen LogP contribution in [0.1, 0.15) is 0 Å². The van der Waals surface area contributed by atoms with E-state index in [0.29, 0.717) is 31.9 Å². The third-order valence-corrected chi connectivity index (χ3v) is 4.97. The van der Waals surface area contributed by atoms with E-state index in [4.69, 9.17) is 4.74 Å². The first-order valence-electron chi connectivity index (χ1n) is 9.41. The average Bonchev–Trinajstić information content (AvgIpc) is 2.75. The molecule has 0 radical (unpaired) electrons. The molecule has 0 unspecified atom stereocenters. The Morgan fingerprint density at radius 3 is 2.57 bits per heavy atom. The zero-order valence-corrected chi connectivity index (χ0v) is 15.6. The highest BCUT2D eigenvalue weighted by Crippen LogP contribution is 2.21. The molecule has 0 spiro atoms. The highest BCUT2D eigenvalue weighted by molar-refractivity contribution is 5.89. The predicted molar refractivity (Wildman–Crippen MR) is 104 cm³/mol. The molecule has 2 aliphatic rings. The summed E-state index contributed by atoms with van der Waals surface area (Å²) in [5, 5.41) is 11.2. The molecule has 0 aliphatic carbocycles. The van der Waals surface area contributed by atoms with Gasteiger partial charge in [-0.25, -0.2) is 9.18 Å². The highest BCUT2D eigenvalue weighted by Gasteiger charge is 2.23. The molecule has 0 bridgehead atoms. The molecule has 28 heavy (non-hydrogen) atoms. The van der Waals surface area contributed by atoms with E-state index < -0.39 is 0 Å². The number of aromatic nitrogens is 2. The summed E-state index contributed by atoms with van der Waals surface area (Å²) in [7, 11) is 0. The van der Waals surface area contributed by atoms with E-state index in [0.717, 1.165) is 37.8 Å². The predicted octanol–water partition coefficient (Wildman–Crippen LogP) is 1.81. The number of piperazine rings is 1. The number of urea groups is 1. The van der Waals surface area contributed by atoms with Crippen molar-refractivity contribution in [3.05, 3.63) is 42.3 Å². The number of rotatable bonds is 3. The number of anilines is 3. The first-order chi connectivity index (χ1) is 13.7. The van der Waals surface area contributed by atoms with Crippen molar-refractivity contribution in [3.8, 4) is 0 Å². The van der Waals surface area contributed by atoms with Crippen LogP contribution >= 0.6 is 0 Å². The van der Waals surface area contributed by atoms with Crippen LogP contribution in [0.2, 0.25) is 0 Å². The van der Waals surface area contributed by atoms with E-state index in [2.05, 4.69) is 25.3 Å². The van der Waals surface area contributed by atoms with E-state index in [1.54, 1.807) is 23.2 Å². The Bertz CT molecular complexity index is 822. The van der Waals surface area contributed by atoms with Crippen molar-refractivity contribution in [2.45, 2.75) is 0 Å². The third kappa shape index (κ3) is 4.30. The number of hydrogen-bond acceptors (Lipinski definition) is 6. The molecule has 9 heteroatoms. The topological polar surface area (TPSA) is 73.8 Å². The lowest BCUT2D eigenvalue weighted by atomic mass is 10.3. The number of carbonyl (C=O) groups excluding carboxylic acids is 1. The van der Waals surface area contributed by atoms with Gasteiger partial charge in [0, 0.05) is 51.0 Å². The summed E-state index contributed by atoms with van der Waals surface area (Å²) in [5.74, 6) is 0.440. The number of halogens is 1. The molecule has 3 heterocycles. The largest absolute Gasteiger partial charge is 0.378 e. The van der Waals surface area contributed by atoms with Crippen molar-refractivity contribution in [3.63, 3.8) is 0 Å². The van der Waals surface area contributed by atoms with Gasteiger partial charge >= 0.3 is 6.03 Å². The molecule has 148 valence electrons. The molecule has 1 N–H and O–H groups in total. The summed E-state index contributed by atoms with van der Waals surface area (Å²) in [6, 6.07) is 7.72. The Kier molecular flexibility index (Phi) is 5.52. The fourth-order valence-electron chi connectivity index (χ4n) is 3.40. The maximum atomic E-state index is 13.3. The summed E-state index contributed by atoms with van der Waals surface area (Å²) in [5.41, 5.74) is 1.50. The molecule has 2 saturated heterocycles. The van der Waals surface area contributed by atoms with Crippen molar-refractivity contribution in [2.24, 2.45) is 0 Å². The van der Waals surface area contributed by atoms with E-state index in [-0.39, 0.29) is 11.8 Å². The molecule has 2 amide bonds. The van der Waals surface area contributed by atoms with Crippen molar-refractivity contribution < 1.29 is 13.9 Å². The quantitative estimate of drug-likeness (QED) is 0.867. The summed E-state index contributed by atoms with van der Waals surface area (Å²) >= 11 is 0. The molecule has 0 atom stereocenters. The second-order valence-corrected chi connectivity index (χ2v) is 6.79. The van der Waals surface area contributed by atoms with Crippen LogP contribution in [0, 0.1) is 5.82 Å². The second-order valence-electron chi connectivity index (χ2n) is 6.79. The van der Waals surface area contributed by atoms with Gasteiger partial charge in [0.2, 0.25) is 0 Å². The van der Waals surface area contributed by atoms with E-state index in [9.17, 15) is 9.18 Å². The lowest BCUT2D eigenvalue weighted by Crippen LogP contribution is -2.50. The Hall–Kier alpha value is -2.94. The fraction of sp³-hybridized carbons (Fsp3) is 0.421. The lowest BCUT2D eigenvalue weighted by molar-refractivity contribution is 0.122. The van der Waals surface area contributed by atoms with Crippen molar-refractivity contribution in [1.29, 1.82) is 0 Å². The van der Waals surface area contributed by atoms with Crippen LogP contribution in [0.15, 0.2) is 36.5 Å². The number of benzene rings is 1. The van der Waals surface area contributed by atoms with Gasteiger partial charge in [0.05, 0.1) is 25.1 Å². The normalized spacial score (nSPS) is 17.5. The summed E-state index contributed by atoms with van der Waals surface area (Å²) in [6.07, 6.45) is 1.78. The number of amides is 2. The second kappa shape index (κ2) is 8.39. The Morgan fingerprint density at radius 2 is 1.82 bits per heavy atom. The minimum atomic E-state index is -0.374. The Morgan fingerprint density at radius 1 is 1.04 bits per heavy atom. The van der Waals surface area contributed by atoms with Gasteiger partial charge < -0.3 is 24.8 Å².